The molecule has 112 valence electrons. The van der Waals surface area contributed by atoms with Crippen molar-refractivity contribution in [1.29, 1.82) is 0 Å². The second-order valence-electron chi connectivity index (χ2n) is 5.80. The zero-order valence-corrected chi connectivity index (χ0v) is 12.6. The van der Waals surface area contributed by atoms with Gasteiger partial charge in [0.2, 0.25) is 5.91 Å². The predicted molar refractivity (Wildman–Crippen MR) is 79.1 cm³/mol. The van der Waals surface area contributed by atoms with Gasteiger partial charge in [0, 0.05) is 38.4 Å². The van der Waals surface area contributed by atoms with Crippen LogP contribution in [0.25, 0.3) is 0 Å². The monoisotopic (exact) mass is 279 g/mol. The third-order valence-corrected chi connectivity index (χ3v) is 4.13. The van der Waals surface area contributed by atoms with E-state index in [1.54, 1.807) is 16.9 Å². The fourth-order valence-electron chi connectivity index (χ4n) is 2.71. The van der Waals surface area contributed by atoms with E-state index in [9.17, 15) is 4.79 Å². The normalized spacial score (nSPS) is 17.6. The molecule has 0 atom stereocenters. The summed E-state index contributed by atoms with van der Waals surface area (Å²) in [6, 6.07) is 2.63. The average Bonchev–Trinajstić information content (AvgIpc) is 2.83. The van der Waals surface area contributed by atoms with Crippen molar-refractivity contribution in [2.75, 3.05) is 25.9 Å². The molecule has 0 radical (unpaired) electrons. The number of rotatable bonds is 4. The number of carbonyl (C=O) groups is 1. The Morgan fingerprint density at radius 2 is 2.15 bits per heavy atom. The van der Waals surface area contributed by atoms with Crippen LogP contribution in [0.15, 0.2) is 12.3 Å². The minimum atomic E-state index is 0.0936. The topological polar surface area (TPSA) is 67.4 Å². The molecule has 6 heteroatoms. The summed E-state index contributed by atoms with van der Waals surface area (Å²) >= 11 is 0. The Bertz CT molecular complexity index is 448. The van der Waals surface area contributed by atoms with E-state index in [4.69, 9.17) is 5.73 Å². The highest BCUT2D eigenvalue weighted by Gasteiger charge is 2.26. The first-order chi connectivity index (χ1) is 9.47. The van der Waals surface area contributed by atoms with Gasteiger partial charge in [0.25, 0.3) is 0 Å². The average molecular weight is 279 g/mol. The van der Waals surface area contributed by atoms with Crippen molar-refractivity contribution >= 4 is 11.7 Å². The van der Waals surface area contributed by atoms with Crippen molar-refractivity contribution in [2.45, 2.75) is 45.3 Å². The molecular weight excluding hydrogens is 254 g/mol. The number of piperidine rings is 1. The maximum Gasteiger partial charge on any atom is 0.244 e. The molecule has 1 aliphatic rings. The lowest BCUT2D eigenvalue weighted by atomic mass is 10.0. The number of nitrogen functional groups attached to an aromatic ring is 1. The van der Waals surface area contributed by atoms with E-state index in [-0.39, 0.29) is 12.5 Å². The highest BCUT2D eigenvalue weighted by molar-refractivity contribution is 5.76. The molecule has 1 aromatic rings. The van der Waals surface area contributed by atoms with Gasteiger partial charge in [-0.25, -0.2) is 0 Å². The van der Waals surface area contributed by atoms with Gasteiger partial charge in [-0.2, -0.15) is 5.10 Å². The number of likely N-dealkylation sites (N-methyl/N-ethyl adjacent to an activating group) is 1. The molecule has 20 heavy (non-hydrogen) atoms. The SMILES string of the molecule is CC(C)N1CCC(N(C)C(=O)Cn2ccc(N)n2)CC1. The largest absolute Gasteiger partial charge is 0.382 e. The molecule has 0 bridgehead atoms. The Morgan fingerprint density at radius 3 is 2.65 bits per heavy atom. The van der Waals surface area contributed by atoms with Crippen LogP contribution in [0, 0.1) is 0 Å². The third kappa shape index (κ3) is 3.50. The molecule has 1 amide bonds. The Labute approximate surface area is 120 Å². The van der Waals surface area contributed by atoms with Crippen LogP contribution >= 0.6 is 0 Å². The van der Waals surface area contributed by atoms with Gasteiger partial charge in [-0.15, -0.1) is 0 Å². The smallest absolute Gasteiger partial charge is 0.244 e. The van der Waals surface area contributed by atoms with Gasteiger partial charge in [0.1, 0.15) is 12.4 Å². The van der Waals surface area contributed by atoms with Crippen LogP contribution in [-0.4, -0.2) is 57.7 Å². The summed E-state index contributed by atoms with van der Waals surface area (Å²) in [5, 5.41) is 4.05. The van der Waals surface area contributed by atoms with Crippen LogP contribution in [0.4, 0.5) is 5.82 Å². The second kappa shape index (κ2) is 6.26. The molecule has 6 nitrogen and oxygen atoms in total. The fraction of sp³-hybridized carbons (Fsp3) is 0.714. The standard InChI is InChI=1S/C14H25N5O/c1-11(2)18-7-4-12(5-8-18)17(3)14(20)10-19-9-6-13(15)16-19/h6,9,11-12H,4-5,7-8,10H2,1-3H3,(H2,15,16). The van der Waals surface area contributed by atoms with Gasteiger partial charge >= 0.3 is 0 Å². The molecule has 0 aromatic carbocycles. The van der Waals surface area contributed by atoms with E-state index in [1.165, 1.54) is 0 Å². The summed E-state index contributed by atoms with van der Waals surface area (Å²) in [5.41, 5.74) is 5.55. The first-order valence-electron chi connectivity index (χ1n) is 7.26. The number of carbonyl (C=O) groups excluding carboxylic acids is 1. The van der Waals surface area contributed by atoms with Crippen molar-refractivity contribution in [3.8, 4) is 0 Å². The first-order valence-corrected chi connectivity index (χ1v) is 7.26. The maximum absolute atomic E-state index is 12.2. The molecule has 2 N–H and O–H groups in total. The van der Waals surface area contributed by atoms with E-state index in [0.29, 0.717) is 17.9 Å². The van der Waals surface area contributed by atoms with Crippen molar-refractivity contribution < 1.29 is 4.79 Å². The quantitative estimate of drug-likeness (QED) is 0.885. The van der Waals surface area contributed by atoms with Gasteiger partial charge in [0.15, 0.2) is 0 Å². The van der Waals surface area contributed by atoms with Crippen molar-refractivity contribution in [3.05, 3.63) is 12.3 Å². The number of aromatic nitrogens is 2. The molecule has 0 unspecified atom stereocenters. The number of nitrogens with two attached hydrogens (primary N) is 1. The molecule has 2 rings (SSSR count). The van der Waals surface area contributed by atoms with Gasteiger partial charge in [-0.3, -0.25) is 9.48 Å². The lowest BCUT2D eigenvalue weighted by Crippen LogP contribution is -2.48. The fourth-order valence-corrected chi connectivity index (χ4v) is 2.71. The lowest BCUT2D eigenvalue weighted by molar-refractivity contribution is -0.133. The molecule has 2 heterocycles. The highest BCUT2D eigenvalue weighted by atomic mass is 16.2. The molecule has 0 spiro atoms. The van der Waals surface area contributed by atoms with Gasteiger partial charge in [-0.1, -0.05) is 0 Å². The first kappa shape index (κ1) is 14.8. The van der Waals surface area contributed by atoms with Crippen LogP contribution < -0.4 is 5.73 Å². The number of hydrogen-bond acceptors (Lipinski definition) is 4. The summed E-state index contributed by atoms with van der Waals surface area (Å²) in [5.74, 6) is 0.543. The molecule has 0 aliphatic carbocycles. The van der Waals surface area contributed by atoms with E-state index < -0.39 is 0 Å². The minimum absolute atomic E-state index is 0.0936. The van der Waals surface area contributed by atoms with Crippen LogP contribution in [0.1, 0.15) is 26.7 Å². The molecule has 1 fully saturated rings. The van der Waals surface area contributed by atoms with Gasteiger partial charge in [-0.05, 0) is 32.8 Å². The summed E-state index contributed by atoms with van der Waals surface area (Å²) in [7, 11) is 1.89. The molecular formula is C14H25N5O. The molecule has 1 aromatic heterocycles. The van der Waals surface area contributed by atoms with Crippen LogP contribution in [0.2, 0.25) is 0 Å². The minimum Gasteiger partial charge on any atom is -0.382 e. The van der Waals surface area contributed by atoms with E-state index in [2.05, 4.69) is 23.8 Å². The zero-order chi connectivity index (χ0) is 14.7. The second-order valence-corrected chi connectivity index (χ2v) is 5.80. The Hall–Kier alpha value is -1.56. The van der Waals surface area contributed by atoms with E-state index >= 15 is 0 Å². The number of amides is 1. The zero-order valence-electron chi connectivity index (χ0n) is 12.6. The maximum atomic E-state index is 12.2. The molecule has 1 aliphatic heterocycles. The summed E-state index contributed by atoms with van der Waals surface area (Å²) in [6.07, 6.45) is 3.83. The van der Waals surface area contributed by atoms with Crippen molar-refractivity contribution in [2.24, 2.45) is 0 Å². The number of nitrogens with zero attached hydrogens (tertiary/aromatic N) is 4. The molecule has 0 saturated carbocycles. The number of hydrogen-bond donors (Lipinski definition) is 1. The van der Waals surface area contributed by atoms with Crippen molar-refractivity contribution in [1.82, 2.24) is 19.6 Å². The van der Waals surface area contributed by atoms with Crippen LogP contribution in [0.5, 0.6) is 0 Å². The van der Waals surface area contributed by atoms with Crippen LogP contribution in [-0.2, 0) is 11.3 Å². The summed E-state index contributed by atoms with van der Waals surface area (Å²) in [6.45, 7) is 6.83. The van der Waals surface area contributed by atoms with Gasteiger partial charge in [0.05, 0.1) is 0 Å². The lowest BCUT2D eigenvalue weighted by Gasteiger charge is -2.38. The Balaban J connectivity index is 1.85. The summed E-state index contributed by atoms with van der Waals surface area (Å²) < 4.78 is 1.59. The van der Waals surface area contributed by atoms with E-state index in [0.717, 1.165) is 25.9 Å². The number of anilines is 1. The van der Waals surface area contributed by atoms with Gasteiger partial charge < -0.3 is 15.5 Å². The Kier molecular flexibility index (Phi) is 4.65. The third-order valence-electron chi connectivity index (χ3n) is 4.13. The summed E-state index contributed by atoms with van der Waals surface area (Å²) in [4.78, 5) is 16.6. The van der Waals surface area contributed by atoms with E-state index in [1.807, 2.05) is 11.9 Å². The Morgan fingerprint density at radius 1 is 1.50 bits per heavy atom. The molecule has 1 saturated heterocycles. The predicted octanol–water partition coefficient (Wildman–Crippen LogP) is 0.797. The van der Waals surface area contributed by atoms with Crippen molar-refractivity contribution in [3.63, 3.8) is 0 Å². The highest BCUT2D eigenvalue weighted by Crippen LogP contribution is 2.17. The number of likely N-dealkylation sites (tertiary alicyclic amines) is 1. The van der Waals surface area contributed by atoms with Crippen LogP contribution in [0.3, 0.4) is 0 Å².